The first kappa shape index (κ1) is 22.5. The van der Waals surface area contributed by atoms with Gasteiger partial charge in [-0.25, -0.2) is 9.18 Å². The van der Waals surface area contributed by atoms with Crippen molar-refractivity contribution in [3.8, 4) is 0 Å². The minimum Gasteiger partial charge on any atom is -0.475 e. The minimum absolute atomic E-state index is 0.295. The molecule has 0 unspecified atom stereocenters. The summed E-state index contributed by atoms with van der Waals surface area (Å²) in [6.45, 7) is 2.14. The summed E-state index contributed by atoms with van der Waals surface area (Å²) in [6.07, 6.45) is -2.76. The zero-order chi connectivity index (χ0) is 20.7. The van der Waals surface area contributed by atoms with Crippen LogP contribution in [0, 0.1) is 5.82 Å². The highest BCUT2D eigenvalue weighted by Crippen LogP contribution is 2.39. The average molecular weight is 436 g/mol. The maximum atomic E-state index is 13.2. The largest absolute Gasteiger partial charge is 0.490 e. The molecular weight excluding hydrogens is 418 g/mol. The van der Waals surface area contributed by atoms with Crippen molar-refractivity contribution in [2.45, 2.75) is 34.7 Å². The van der Waals surface area contributed by atoms with Gasteiger partial charge in [0.15, 0.2) is 0 Å². The molecule has 1 fully saturated rings. The number of hydrogen-bond acceptors (Lipinski definition) is 3. The molecule has 9 heteroatoms. The SMILES string of the molecule is Fc1ccc(Sc2ccccc2C2CCNCC2)c(Cl)c1.O=C(O)C(F)(F)F. The molecule has 0 radical (unpaired) electrons. The molecule has 1 aliphatic heterocycles. The van der Waals surface area contributed by atoms with Crippen LogP contribution < -0.4 is 5.32 Å². The van der Waals surface area contributed by atoms with Gasteiger partial charge in [0.1, 0.15) is 5.82 Å². The molecule has 0 bridgehead atoms. The van der Waals surface area contributed by atoms with Crippen molar-refractivity contribution in [3.63, 3.8) is 0 Å². The standard InChI is InChI=1S/C17H17ClFNS.C2HF3O2/c18-15-11-13(19)5-6-17(15)21-16-4-2-1-3-14(16)12-7-9-20-10-8-12;3-2(4,5)1(6)7/h1-6,11-12,20H,7-10H2;(H,6,7). The van der Waals surface area contributed by atoms with Crippen LogP contribution >= 0.6 is 23.4 Å². The van der Waals surface area contributed by atoms with Crippen LogP contribution in [0.5, 0.6) is 0 Å². The summed E-state index contributed by atoms with van der Waals surface area (Å²) >= 11 is 7.77. The number of nitrogens with one attached hydrogen (secondary N) is 1. The smallest absolute Gasteiger partial charge is 0.475 e. The number of carbonyl (C=O) groups is 1. The molecule has 0 spiro atoms. The first-order valence-electron chi connectivity index (χ1n) is 8.41. The van der Waals surface area contributed by atoms with Crippen LogP contribution in [0.1, 0.15) is 24.3 Å². The number of piperidine rings is 1. The summed E-state index contributed by atoms with van der Waals surface area (Å²) in [4.78, 5) is 11.0. The van der Waals surface area contributed by atoms with E-state index < -0.39 is 12.1 Å². The number of rotatable bonds is 3. The van der Waals surface area contributed by atoms with E-state index in [0.29, 0.717) is 10.9 Å². The monoisotopic (exact) mass is 435 g/mol. The number of halogens is 5. The van der Waals surface area contributed by atoms with Gasteiger partial charge in [-0.2, -0.15) is 13.2 Å². The van der Waals surface area contributed by atoms with E-state index in [1.807, 2.05) is 6.07 Å². The zero-order valence-electron chi connectivity index (χ0n) is 14.6. The second-order valence-electron chi connectivity index (χ2n) is 6.04. The first-order valence-corrected chi connectivity index (χ1v) is 9.60. The second kappa shape index (κ2) is 10.1. The summed E-state index contributed by atoms with van der Waals surface area (Å²) in [5.74, 6) is -2.46. The predicted molar refractivity (Wildman–Crippen MR) is 101 cm³/mol. The van der Waals surface area contributed by atoms with Crippen LogP contribution in [0.25, 0.3) is 0 Å². The van der Waals surface area contributed by atoms with Gasteiger partial charge in [0.05, 0.1) is 5.02 Å². The molecule has 0 amide bonds. The minimum atomic E-state index is -5.08. The number of carboxylic acid groups (broad SMARTS) is 1. The van der Waals surface area contributed by atoms with Gasteiger partial charge in [0.2, 0.25) is 0 Å². The van der Waals surface area contributed by atoms with E-state index >= 15 is 0 Å². The summed E-state index contributed by atoms with van der Waals surface area (Å²) in [6, 6.07) is 13.1. The van der Waals surface area contributed by atoms with Crippen LogP contribution in [0.4, 0.5) is 17.6 Å². The summed E-state index contributed by atoms with van der Waals surface area (Å²) in [5.41, 5.74) is 1.38. The van der Waals surface area contributed by atoms with Crippen molar-refractivity contribution in [2.75, 3.05) is 13.1 Å². The fourth-order valence-corrected chi connectivity index (χ4v) is 4.03. The Labute approximate surface area is 169 Å². The fourth-order valence-electron chi connectivity index (χ4n) is 2.72. The molecule has 2 aromatic carbocycles. The lowest BCUT2D eigenvalue weighted by Gasteiger charge is -2.25. The summed E-state index contributed by atoms with van der Waals surface area (Å²) in [7, 11) is 0. The lowest BCUT2D eigenvalue weighted by Crippen LogP contribution is -2.26. The Morgan fingerprint density at radius 2 is 1.71 bits per heavy atom. The van der Waals surface area contributed by atoms with Crippen molar-refractivity contribution < 1.29 is 27.5 Å². The molecule has 3 nitrogen and oxygen atoms in total. The van der Waals surface area contributed by atoms with Gasteiger partial charge in [-0.15, -0.1) is 0 Å². The van der Waals surface area contributed by atoms with E-state index in [-0.39, 0.29) is 5.82 Å². The summed E-state index contributed by atoms with van der Waals surface area (Å²) < 4.78 is 44.9. The highest BCUT2D eigenvalue weighted by molar-refractivity contribution is 7.99. The van der Waals surface area contributed by atoms with E-state index in [2.05, 4.69) is 23.5 Å². The van der Waals surface area contributed by atoms with Gasteiger partial charge in [0, 0.05) is 9.79 Å². The molecule has 2 N–H and O–H groups in total. The molecule has 28 heavy (non-hydrogen) atoms. The third kappa shape index (κ3) is 6.68. The molecule has 1 aliphatic rings. The van der Waals surface area contributed by atoms with E-state index in [9.17, 15) is 17.6 Å². The van der Waals surface area contributed by atoms with E-state index in [0.717, 1.165) is 30.8 Å². The number of carboxylic acids is 1. The topological polar surface area (TPSA) is 49.3 Å². The molecule has 0 aromatic heterocycles. The average Bonchev–Trinajstić information content (AvgIpc) is 2.65. The van der Waals surface area contributed by atoms with Gasteiger partial charge >= 0.3 is 12.1 Å². The van der Waals surface area contributed by atoms with Crippen molar-refractivity contribution in [3.05, 3.63) is 58.9 Å². The number of benzene rings is 2. The van der Waals surface area contributed by atoms with Crippen molar-refractivity contribution in [1.29, 1.82) is 0 Å². The number of hydrogen-bond donors (Lipinski definition) is 2. The number of alkyl halides is 3. The third-order valence-corrected chi connectivity index (χ3v) is 5.65. The lowest BCUT2D eigenvalue weighted by molar-refractivity contribution is -0.192. The molecule has 1 saturated heterocycles. The predicted octanol–water partition coefficient (Wildman–Crippen LogP) is 5.73. The molecule has 0 atom stereocenters. The highest BCUT2D eigenvalue weighted by Gasteiger charge is 2.38. The molecule has 0 saturated carbocycles. The highest BCUT2D eigenvalue weighted by atomic mass is 35.5. The van der Waals surface area contributed by atoms with Crippen LogP contribution in [-0.2, 0) is 4.79 Å². The number of aliphatic carboxylic acids is 1. The Bertz CT molecular complexity index is 811. The zero-order valence-corrected chi connectivity index (χ0v) is 16.2. The van der Waals surface area contributed by atoms with Crippen molar-refractivity contribution >= 4 is 29.3 Å². The maximum absolute atomic E-state index is 13.2. The van der Waals surface area contributed by atoms with E-state index in [1.165, 1.54) is 22.6 Å². The Balaban J connectivity index is 0.000000345. The Morgan fingerprint density at radius 1 is 1.11 bits per heavy atom. The van der Waals surface area contributed by atoms with Gasteiger partial charge in [-0.1, -0.05) is 41.6 Å². The Hall–Kier alpha value is -1.77. The van der Waals surface area contributed by atoms with Gasteiger partial charge in [0.25, 0.3) is 0 Å². The van der Waals surface area contributed by atoms with E-state index in [1.54, 1.807) is 17.8 Å². The van der Waals surface area contributed by atoms with Crippen molar-refractivity contribution in [2.24, 2.45) is 0 Å². The molecule has 3 rings (SSSR count). The molecule has 152 valence electrons. The molecule has 2 aromatic rings. The van der Waals surface area contributed by atoms with Crippen LogP contribution in [0.3, 0.4) is 0 Å². The van der Waals surface area contributed by atoms with Crippen LogP contribution in [-0.4, -0.2) is 30.3 Å². The van der Waals surface area contributed by atoms with Crippen molar-refractivity contribution in [1.82, 2.24) is 5.32 Å². The van der Waals surface area contributed by atoms with Crippen LogP contribution in [0.2, 0.25) is 5.02 Å². The normalized spacial score (nSPS) is 14.9. The summed E-state index contributed by atoms with van der Waals surface area (Å²) in [5, 5.41) is 11.0. The van der Waals surface area contributed by atoms with Gasteiger partial charge in [-0.05, 0) is 61.7 Å². The first-order chi connectivity index (χ1) is 13.2. The van der Waals surface area contributed by atoms with E-state index in [4.69, 9.17) is 21.5 Å². The quantitative estimate of drug-likeness (QED) is 0.604. The fraction of sp³-hybridized carbons (Fsp3) is 0.316. The van der Waals surface area contributed by atoms with Gasteiger partial charge in [-0.3, -0.25) is 0 Å². The Kier molecular flexibility index (Phi) is 8.15. The van der Waals surface area contributed by atoms with Crippen LogP contribution in [0.15, 0.2) is 52.3 Å². The molecular formula is C19H18ClF4NO2S. The lowest BCUT2D eigenvalue weighted by atomic mass is 9.90. The molecule has 1 heterocycles. The maximum Gasteiger partial charge on any atom is 0.490 e. The second-order valence-corrected chi connectivity index (χ2v) is 7.53. The van der Waals surface area contributed by atoms with Gasteiger partial charge < -0.3 is 10.4 Å². The third-order valence-electron chi connectivity index (χ3n) is 4.05. The molecule has 0 aliphatic carbocycles. The Morgan fingerprint density at radius 3 is 2.29 bits per heavy atom.